The molecule has 0 N–H and O–H groups in total. The maximum atomic E-state index is 2.46. The quantitative estimate of drug-likeness (QED) is 0.160. The van der Waals surface area contributed by atoms with Crippen molar-refractivity contribution in [3.05, 3.63) is 212 Å². The predicted molar refractivity (Wildman–Crippen MR) is 233 cm³/mol. The summed E-state index contributed by atoms with van der Waals surface area (Å²) < 4.78 is 2.57. The van der Waals surface area contributed by atoms with Gasteiger partial charge in [0.05, 0.1) is 10.4 Å². The number of anilines is 3. The Morgan fingerprint density at radius 3 is 1.74 bits per heavy atom. The molecule has 10 aromatic rings. The van der Waals surface area contributed by atoms with Crippen LogP contribution >= 0.6 is 11.3 Å². The maximum absolute atomic E-state index is 2.46. The number of hydrogen-bond acceptors (Lipinski definition) is 2. The lowest BCUT2D eigenvalue weighted by Crippen LogP contribution is -2.10. The van der Waals surface area contributed by atoms with E-state index in [1.54, 1.807) is 0 Å². The maximum Gasteiger partial charge on any atom is 0.0640 e. The van der Waals surface area contributed by atoms with E-state index in [0.717, 1.165) is 11.4 Å². The molecule has 0 atom stereocenters. The number of thiophene rings is 1. The Morgan fingerprint density at radius 1 is 0.315 bits per heavy atom. The van der Waals surface area contributed by atoms with Crippen LogP contribution < -0.4 is 4.90 Å². The van der Waals surface area contributed by atoms with Crippen molar-refractivity contribution in [2.75, 3.05) is 4.90 Å². The molecular weight excluding hydrogens is 671 g/mol. The normalized spacial score (nSPS) is 11.3. The molecule has 0 unspecified atom stereocenters. The third kappa shape index (κ3) is 5.74. The molecule has 1 heterocycles. The number of nitrogens with zero attached hydrogens (tertiary/aromatic N) is 1. The third-order valence-electron chi connectivity index (χ3n) is 10.5. The number of benzene rings is 9. The van der Waals surface area contributed by atoms with Gasteiger partial charge in [-0.25, -0.2) is 0 Å². The Kier molecular flexibility index (Phi) is 8.09. The molecule has 0 amide bonds. The molecule has 54 heavy (non-hydrogen) atoms. The number of rotatable bonds is 7. The van der Waals surface area contributed by atoms with Crippen molar-refractivity contribution in [1.82, 2.24) is 0 Å². The van der Waals surface area contributed by atoms with Crippen molar-refractivity contribution < 1.29 is 0 Å². The third-order valence-corrected chi connectivity index (χ3v) is 11.7. The summed E-state index contributed by atoms with van der Waals surface area (Å²) in [6, 6.07) is 77.2. The molecular formula is C52H35NS. The van der Waals surface area contributed by atoms with Crippen molar-refractivity contribution in [2.24, 2.45) is 0 Å². The van der Waals surface area contributed by atoms with E-state index < -0.39 is 0 Å². The second kappa shape index (κ2) is 13.7. The first-order valence-corrected chi connectivity index (χ1v) is 19.2. The van der Waals surface area contributed by atoms with E-state index >= 15 is 0 Å². The van der Waals surface area contributed by atoms with Gasteiger partial charge in [0.2, 0.25) is 0 Å². The van der Waals surface area contributed by atoms with Gasteiger partial charge in [-0.2, -0.15) is 0 Å². The van der Waals surface area contributed by atoms with Crippen molar-refractivity contribution in [1.29, 1.82) is 0 Å². The molecule has 1 aromatic heterocycles. The summed E-state index contributed by atoms with van der Waals surface area (Å²) in [6.45, 7) is 0. The Hall–Kier alpha value is -6.74. The second-order valence-corrected chi connectivity index (χ2v) is 14.8. The smallest absolute Gasteiger partial charge is 0.0640 e. The molecule has 0 aliphatic carbocycles. The minimum absolute atomic E-state index is 1.11. The first-order chi connectivity index (χ1) is 26.8. The van der Waals surface area contributed by atoms with Gasteiger partial charge in [0.15, 0.2) is 0 Å². The predicted octanol–water partition coefficient (Wildman–Crippen LogP) is 15.3. The molecule has 0 spiro atoms. The fourth-order valence-corrected chi connectivity index (χ4v) is 9.09. The topological polar surface area (TPSA) is 3.24 Å². The molecule has 2 heteroatoms. The van der Waals surface area contributed by atoms with Crippen molar-refractivity contribution in [3.63, 3.8) is 0 Å². The van der Waals surface area contributed by atoms with Crippen LogP contribution in [0, 0.1) is 0 Å². The summed E-state index contributed by atoms with van der Waals surface area (Å²) in [5, 5.41) is 5.05. The molecule has 0 bridgehead atoms. The van der Waals surface area contributed by atoms with Gasteiger partial charge in [-0.3, -0.25) is 0 Å². The van der Waals surface area contributed by atoms with E-state index in [1.807, 2.05) is 11.3 Å². The molecule has 9 aromatic carbocycles. The fraction of sp³-hybridized carbons (Fsp3) is 0. The summed E-state index contributed by atoms with van der Waals surface area (Å²) in [4.78, 5) is 2.46. The standard InChI is InChI=1S/C52H35NS/c1-4-15-36(16-5-1)40-30-29-39-21-13-25-44(48(39)34-40)41-22-12-23-42(33-41)53(50-27-14-26-47-46-24-10-11-28-51(46)54-52(47)50)43-31-32-45(37-17-6-2-7-18-37)49(35-43)38-19-8-3-9-20-38/h1-35H. The summed E-state index contributed by atoms with van der Waals surface area (Å²) >= 11 is 1.87. The lowest BCUT2D eigenvalue weighted by molar-refractivity contribution is 1.30. The Balaban J connectivity index is 1.20. The van der Waals surface area contributed by atoms with Crippen LogP contribution in [0.5, 0.6) is 0 Å². The summed E-state index contributed by atoms with van der Waals surface area (Å²) in [5.74, 6) is 0. The van der Waals surface area contributed by atoms with E-state index in [0.29, 0.717) is 0 Å². The molecule has 0 aliphatic heterocycles. The molecule has 0 fully saturated rings. The van der Waals surface area contributed by atoms with Gasteiger partial charge in [-0.15, -0.1) is 11.3 Å². The molecule has 0 aliphatic rings. The van der Waals surface area contributed by atoms with Crippen LogP contribution in [-0.4, -0.2) is 0 Å². The van der Waals surface area contributed by atoms with Gasteiger partial charge in [0.1, 0.15) is 0 Å². The lowest BCUT2D eigenvalue weighted by atomic mass is 9.93. The molecule has 0 radical (unpaired) electrons. The molecule has 10 rings (SSSR count). The minimum Gasteiger partial charge on any atom is -0.309 e. The largest absolute Gasteiger partial charge is 0.309 e. The Labute approximate surface area is 319 Å². The highest BCUT2D eigenvalue weighted by atomic mass is 32.1. The summed E-state index contributed by atoms with van der Waals surface area (Å²) in [6.07, 6.45) is 0. The van der Waals surface area contributed by atoms with Crippen LogP contribution in [-0.2, 0) is 0 Å². The number of fused-ring (bicyclic) bond motifs is 4. The van der Waals surface area contributed by atoms with Gasteiger partial charge in [0, 0.05) is 26.8 Å². The minimum atomic E-state index is 1.11. The van der Waals surface area contributed by atoms with Crippen molar-refractivity contribution in [3.8, 4) is 44.5 Å². The van der Waals surface area contributed by atoms with Gasteiger partial charge in [-0.05, 0) is 97.7 Å². The molecule has 1 nitrogen and oxygen atoms in total. The zero-order chi connectivity index (χ0) is 35.8. The van der Waals surface area contributed by atoms with Crippen LogP contribution in [0.4, 0.5) is 17.1 Å². The van der Waals surface area contributed by atoms with Crippen molar-refractivity contribution in [2.45, 2.75) is 0 Å². The Bertz CT molecular complexity index is 2930. The average molecular weight is 706 g/mol. The van der Waals surface area contributed by atoms with Crippen LogP contribution in [0.1, 0.15) is 0 Å². The van der Waals surface area contributed by atoms with E-state index in [2.05, 4.69) is 217 Å². The fourth-order valence-electron chi connectivity index (χ4n) is 7.88. The Morgan fingerprint density at radius 2 is 0.944 bits per heavy atom. The van der Waals surface area contributed by atoms with Crippen molar-refractivity contribution >= 4 is 59.3 Å². The first-order valence-electron chi connectivity index (χ1n) is 18.4. The van der Waals surface area contributed by atoms with Gasteiger partial charge in [0.25, 0.3) is 0 Å². The van der Waals surface area contributed by atoms with Gasteiger partial charge >= 0.3 is 0 Å². The summed E-state index contributed by atoms with van der Waals surface area (Å²) in [5.41, 5.74) is 13.0. The van der Waals surface area contributed by atoms with Crippen LogP contribution in [0.15, 0.2) is 212 Å². The van der Waals surface area contributed by atoms with Crippen LogP contribution in [0.3, 0.4) is 0 Å². The van der Waals surface area contributed by atoms with E-state index in [1.165, 1.54) is 81.1 Å². The highest BCUT2D eigenvalue weighted by molar-refractivity contribution is 7.26. The monoisotopic (exact) mass is 705 g/mol. The van der Waals surface area contributed by atoms with Crippen LogP contribution in [0.25, 0.3) is 75.5 Å². The zero-order valence-electron chi connectivity index (χ0n) is 29.6. The highest BCUT2D eigenvalue weighted by Gasteiger charge is 2.21. The van der Waals surface area contributed by atoms with E-state index in [4.69, 9.17) is 0 Å². The van der Waals surface area contributed by atoms with Crippen LogP contribution in [0.2, 0.25) is 0 Å². The zero-order valence-corrected chi connectivity index (χ0v) is 30.4. The average Bonchev–Trinajstić information content (AvgIpc) is 3.64. The van der Waals surface area contributed by atoms with E-state index in [-0.39, 0.29) is 0 Å². The molecule has 254 valence electrons. The first kappa shape index (κ1) is 32.0. The molecule has 0 saturated carbocycles. The number of hydrogen-bond donors (Lipinski definition) is 0. The SMILES string of the molecule is c1ccc(-c2ccc3cccc(-c4cccc(N(c5ccc(-c6ccccc6)c(-c6ccccc6)c5)c5cccc6c5sc5ccccc56)c4)c3c2)cc1. The lowest BCUT2D eigenvalue weighted by Gasteiger charge is -2.28. The summed E-state index contributed by atoms with van der Waals surface area (Å²) in [7, 11) is 0. The van der Waals surface area contributed by atoms with Gasteiger partial charge in [-0.1, -0.05) is 170 Å². The second-order valence-electron chi connectivity index (χ2n) is 13.7. The van der Waals surface area contributed by atoms with Gasteiger partial charge < -0.3 is 4.90 Å². The highest BCUT2D eigenvalue weighted by Crippen LogP contribution is 2.47. The molecule has 0 saturated heterocycles. The van der Waals surface area contributed by atoms with E-state index in [9.17, 15) is 0 Å².